The molecule has 0 unspecified atom stereocenters. The van der Waals surface area contributed by atoms with Crippen molar-refractivity contribution in [3.8, 4) is 17.1 Å². The summed E-state index contributed by atoms with van der Waals surface area (Å²) in [7, 11) is 0. The molecule has 0 saturated carbocycles. The fourth-order valence-corrected chi connectivity index (χ4v) is 2.27. The Morgan fingerprint density at radius 3 is 2.86 bits per heavy atom. The van der Waals surface area contributed by atoms with Gasteiger partial charge in [-0.25, -0.2) is 9.97 Å². The summed E-state index contributed by atoms with van der Waals surface area (Å²) in [6, 6.07) is 7.54. The Hall–Kier alpha value is -3.22. The second-order valence-corrected chi connectivity index (χ2v) is 4.58. The van der Waals surface area contributed by atoms with Crippen molar-refractivity contribution >= 4 is 16.9 Å². The van der Waals surface area contributed by atoms with E-state index in [4.69, 9.17) is 5.73 Å². The van der Waals surface area contributed by atoms with Crippen molar-refractivity contribution in [1.29, 1.82) is 0 Å². The molecule has 21 heavy (non-hydrogen) atoms. The number of imidazole rings is 1. The maximum atomic E-state index is 5.84. The van der Waals surface area contributed by atoms with Crippen LogP contribution in [0.15, 0.2) is 49.2 Å². The predicted octanol–water partition coefficient (Wildman–Crippen LogP) is 1.79. The van der Waals surface area contributed by atoms with E-state index in [-0.39, 0.29) is 0 Å². The molecule has 0 aromatic carbocycles. The van der Waals surface area contributed by atoms with Crippen molar-refractivity contribution in [2.75, 3.05) is 5.73 Å². The van der Waals surface area contributed by atoms with E-state index in [1.54, 1.807) is 23.2 Å². The van der Waals surface area contributed by atoms with Crippen LogP contribution in [-0.2, 0) is 0 Å². The third-order valence-corrected chi connectivity index (χ3v) is 3.24. The van der Waals surface area contributed by atoms with Gasteiger partial charge in [-0.2, -0.15) is 0 Å². The lowest BCUT2D eigenvalue weighted by atomic mass is 10.1. The number of rotatable bonds is 2. The van der Waals surface area contributed by atoms with Gasteiger partial charge < -0.3 is 10.7 Å². The van der Waals surface area contributed by atoms with E-state index >= 15 is 0 Å². The molecular formula is C14H11N7. The highest BCUT2D eigenvalue weighted by Crippen LogP contribution is 2.27. The number of aromatic nitrogens is 6. The second kappa shape index (κ2) is 4.41. The van der Waals surface area contributed by atoms with Crippen LogP contribution in [0.3, 0.4) is 0 Å². The van der Waals surface area contributed by atoms with Crippen LogP contribution in [0.1, 0.15) is 0 Å². The quantitative estimate of drug-likeness (QED) is 0.582. The molecule has 0 spiro atoms. The molecule has 0 aliphatic heterocycles. The van der Waals surface area contributed by atoms with Crippen LogP contribution in [0.2, 0.25) is 0 Å². The molecule has 7 heteroatoms. The number of H-pyrrole nitrogens is 1. The molecule has 4 heterocycles. The Kier molecular flexibility index (Phi) is 2.43. The fourth-order valence-electron chi connectivity index (χ4n) is 2.27. The van der Waals surface area contributed by atoms with Crippen molar-refractivity contribution in [2.45, 2.75) is 0 Å². The number of nitrogen functional groups attached to an aromatic ring is 1. The smallest absolute Gasteiger partial charge is 0.160 e. The number of nitrogens with two attached hydrogens (primary N) is 1. The molecule has 7 nitrogen and oxygen atoms in total. The molecule has 0 radical (unpaired) electrons. The van der Waals surface area contributed by atoms with E-state index in [0.717, 1.165) is 22.3 Å². The molecule has 0 aliphatic carbocycles. The first kappa shape index (κ1) is 11.6. The van der Waals surface area contributed by atoms with E-state index in [0.29, 0.717) is 11.6 Å². The summed E-state index contributed by atoms with van der Waals surface area (Å²) in [5.41, 5.74) is 8.23. The van der Waals surface area contributed by atoms with Gasteiger partial charge in [-0.05, 0) is 24.3 Å². The highest BCUT2D eigenvalue weighted by Gasteiger charge is 2.09. The van der Waals surface area contributed by atoms with Crippen molar-refractivity contribution < 1.29 is 0 Å². The zero-order valence-electron chi connectivity index (χ0n) is 10.9. The third kappa shape index (κ3) is 1.91. The number of hydrogen-bond donors (Lipinski definition) is 2. The van der Waals surface area contributed by atoms with Gasteiger partial charge in [0.25, 0.3) is 0 Å². The van der Waals surface area contributed by atoms with Gasteiger partial charge in [0.15, 0.2) is 5.82 Å². The molecule has 0 saturated heterocycles. The van der Waals surface area contributed by atoms with Gasteiger partial charge in [-0.3, -0.25) is 4.57 Å². The molecule has 4 aromatic heterocycles. The highest BCUT2D eigenvalue weighted by molar-refractivity contribution is 5.93. The number of pyridine rings is 1. The van der Waals surface area contributed by atoms with E-state index in [2.05, 4.69) is 25.1 Å². The van der Waals surface area contributed by atoms with Gasteiger partial charge in [0.2, 0.25) is 0 Å². The SMILES string of the molecule is Nc1cc(-c2ccc(-n3ccnc3)nn2)c2cc[nH]c2n1. The molecule has 0 fully saturated rings. The number of nitrogens with zero attached hydrogens (tertiary/aromatic N) is 5. The van der Waals surface area contributed by atoms with Gasteiger partial charge in [-0.1, -0.05) is 0 Å². The molecule has 0 aliphatic rings. The summed E-state index contributed by atoms with van der Waals surface area (Å²) < 4.78 is 1.80. The maximum absolute atomic E-state index is 5.84. The first-order valence-electron chi connectivity index (χ1n) is 6.37. The van der Waals surface area contributed by atoms with Crippen LogP contribution in [0.25, 0.3) is 28.1 Å². The minimum absolute atomic E-state index is 0.445. The van der Waals surface area contributed by atoms with Crippen LogP contribution in [0.5, 0.6) is 0 Å². The minimum Gasteiger partial charge on any atom is -0.384 e. The Bertz CT molecular complexity index is 891. The van der Waals surface area contributed by atoms with Crippen LogP contribution < -0.4 is 5.73 Å². The Morgan fingerprint density at radius 2 is 2.10 bits per heavy atom. The molecule has 3 N–H and O–H groups in total. The monoisotopic (exact) mass is 277 g/mol. The van der Waals surface area contributed by atoms with Crippen molar-refractivity contribution in [2.24, 2.45) is 0 Å². The number of anilines is 1. The molecule has 0 amide bonds. The van der Waals surface area contributed by atoms with E-state index < -0.39 is 0 Å². The van der Waals surface area contributed by atoms with Gasteiger partial charge in [0, 0.05) is 29.5 Å². The first-order valence-corrected chi connectivity index (χ1v) is 6.37. The fraction of sp³-hybridized carbons (Fsp3) is 0. The predicted molar refractivity (Wildman–Crippen MR) is 78.7 cm³/mol. The second-order valence-electron chi connectivity index (χ2n) is 4.58. The summed E-state index contributed by atoms with van der Waals surface area (Å²) in [6.45, 7) is 0. The largest absolute Gasteiger partial charge is 0.384 e. The van der Waals surface area contributed by atoms with Gasteiger partial charge in [0.1, 0.15) is 17.8 Å². The third-order valence-electron chi connectivity index (χ3n) is 3.24. The number of nitrogens with one attached hydrogen (secondary N) is 1. The normalized spacial score (nSPS) is 11.0. The molecule has 0 atom stereocenters. The Morgan fingerprint density at radius 1 is 1.14 bits per heavy atom. The zero-order valence-corrected chi connectivity index (χ0v) is 10.9. The average Bonchev–Trinajstić information content (AvgIpc) is 3.17. The summed E-state index contributed by atoms with van der Waals surface area (Å²) in [5, 5.41) is 9.47. The zero-order chi connectivity index (χ0) is 14.2. The van der Waals surface area contributed by atoms with Crippen molar-refractivity contribution in [3.63, 3.8) is 0 Å². The van der Waals surface area contributed by atoms with Gasteiger partial charge in [0.05, 0.1) is 5.69 Å². The van der Waals surface area contributed by atoms with Crippen LogP contribution in [-0.4, -0.2) is 29.7 Å². The lowest BCUT2D eigenvalue weighted by Gasteiger charge is -2.05. The van der Waals surface area contributed by atoms with E-state index in [9.17, 15) is 0 Å². The molecule has 0 bridgehead atoms. The maximum Gasteiger partial charge on any atom is 0.160 e. The highest BCUT2D eigenvalue weighted by atomic mass is 15.2. The standard InChI is InChI=1S/C14H11N7/c15-12-7-10(9-3-4-17-14(9)18-12)11-1-2-13(20-19-11)21-6-5-16-8-21/h1-8H,(H3,15,17,18). The summed E-state index contributed by atoms with van der Waals surface area (Å²) in [5.74, 6) is 1.16. The molecule has 102 valence electrons. The van der Waals surface area contributed by atoms with Crippen molar-refractivity contribution in [1.82, 2.24) is 29.7 Å². The van der Waals surface area contributed by atoms with Gasteiger partial charge in [-0.15, -0.1) is 10.2 Å². The lowest BCUT2D eigenvalue weighted by Crippen LogP contribution is -1.98. The molecule has 4 aromatic rings. The van der Waals surface area contributed by atoms with Crippen molar-refractivity contribution in [3.05, 3.63) is 49.2 Å². The van der Waals surface area contributed by atoms with E-state index in [1.165, 1.54) is 0 Å². The summed E-state index contributed by atoms with van der Waals surface area (Å²) in [4.78, 5) is 11.3. The van der Waals surface area contributed by atoms with Crippen LogP contribution in [0, 0.1) is 0 Å². The van der Waals surface area contributed by atoms with E-state index in [1.807, 2.05) is 30.6 Å². The van der Waals surface area contributed by atoms with Gasteiger partial charge >= 0.3 is 0 Å². The number of aromatic amines is 1. The molecule has 4 rings (SSSR count). The minimum atomic E-state index is 0.445. The first-order chi connectivity index (χ1) is 10.3. The summed E-state index contributed by atoms with van der Waals surface area (Å²) >= 11 is 0. The molecular weight excluding hydrogens is 266 g/mol. The number of hydrogen-bond acceptors (Lipinski definition) is 5. The lowest BCUT2D eigenvalue weighted by molar-refractivity contribution is 0.916. The van der Waals surface area contributed by atoms with Crippen LogP contribution in [0.4, 0.5) is 5.82 Å². The summed E-state index contributed by atoms with van der Waals surface area (Å²) in [6.07, 6.45) is 7.02. The Labute approximate surface area is 119 Å². The Balaban J connectivity index is 1.84. The number of fused-ring (bicyclic) bond motifs is 1. The van der Waals surface area contributed by atoms with Crippen LogP contribution >= 0.6 is 0 Å². The average molecular weight is 277 g/mol. The topological polar surface area (TPSA) is 98.3 Å².